The Morgan fingerprint density at radius 1 is 1.56 bits per heavy atom. The van der Waals surface area contributed by atoms with Crippen LogP contribution in [0, 0.1) is 0 Å². The maximum Gasteiger partial charge on any atom is 0.258 e. The lowest BCUT2D eigenvalue weighted by molar-refractivity contribution is 0.450. The number of alkyl halides is 1. The number of halogens is 1. The molecule has 0 aliphatic rings. The van der Waals surface area contributed by atoms with Gasteiger partial charge in [0.25, 0.3) is 10.0 Å². The van der Waals surface area contributed by atoms with Gasteiger partial charge in [-0.15, -0.1) is 0 Å². The van der Waals surface area contributed by atoms with Crippen molar-refractivity contribution in [1.82, 2.24) is 14.5 Å². The number of nitrogens with zero attached hydrogens (tertiary/aromatic N) is 2. The Kier molecular flexibility index (Phi) is 3.81. The van der Waals surface area contributed by atoms with Crippen LogP contribution in [0.15, 0.2) is 17.3 Å². The fourth-order valence-electron chi connectivity index (χ4n) is 1.11. The first kappa shape index (κ1) is 13.7. The molecule has 0 aromatic carbocycles. The predicted octanol–water partition coefficient (Wildman–Crippen LogP) is 1.26. The minimum Gasteiger partial charge on any atom is -0.256 e. The van der Waals surface area contributed by atoms with Crippen LogP contribution in [0.2, 0.25) is 0 Å². The number of hydrogen-bond acceptors (Lipinski definition) is 3. The van der Waals surface area contributed by atoms with E-state index in [1.807, 2.05) is 20.8 Å². The first-order chi connectivity index (χ1) is 7.17. The summed E-state index contributed by atoms with van der Waals surface area (Å²) in [6.07, 6.45) is 1.46. The molecule has 1 unspecified atom stereocenters. The van der Waals surface area contributed by atoms with Gasteiger partial charge in [-0.1, -0.05) is 22.9 Å². The zero-order valence-electron chi connectivity index (χ0n) is 9.73. The Bertz CT molecular complexity index is 465. The molecule has 0 spiro atoms. The van der Waals surface area contributed by atoms with Crippen molar-refractivity contribution in [3.05, 3.63) is 12.3 Å². The Hall–Kier alpha value is -0.400. The van der Waals surface area contributed by atoms with Crippen molar-refractivity contribution in [1.29, 1.82) is 0 Å². The van der Waals surface area contributed by atoms with Gasteiger partial charge in [-0.3, -0.25) is 4.68 Å². The van der Waals surface area contributed by atoms with Gasteiger partial charge in [0.05, 0.1) is 6.20 Å². The van der Waals surface area contributed by atoms with Gasteiger partial charge >= 0.3 is 0 Å². The second-order valence-electron chi connectivity index (χ2n) is 4.24. The van der Waals surface area contributed by atoms with Crippen LogP contribution < -0.4 is 4.72 Å². The molecule has 1 N–H and O–H groups in total. The molecule has 5 nitrogen and oxygen atoms in total. The monoisotopic (exact) mass is 309 g/mol. The molecule has 1 rings (SSSR count). The molecular weight excluding hydrogens is 294 g/mol. The topological polar surface area (TPSA) is 64.0 Å². The molecule has 0 saturated carbocycles. The molecule has 92 valence electrons. The average molecular weight is 310 g/mol. The van der Waals surface area contributed by atoms with Crippen LogP contribution in [0.3, 0.4) is 0 Å². The van der Waals surface area contributed by atoms with E-state index in [-0.39, 0.29) is 9.85 Å². The third-order valence-electron chi connectivity index (χ3n) is 2.44. The second-order valence-corrected chi connectivity index (χ2v) is 7.24. The maximum absolute atomic E-state index is 12.0. The van der Waals surface area contributed by atoms with Gasteiger partial charge in [-0.05, 0) is 19.9 Å². The smallest absolute Gasteiger partial charge is 0.256 e. The van der Waals surface area contributed by atoms with Crippen LogP contribution in [0.4, 0.5) is 0 Å². The van der Waals surface area contributed by atoms with Crippen molar-refractivity contribution in [2.24, 2.45) is 7.05 Å². The second kappa shape index (κ2) is 4.46. The van der Waals surface area contributed by atoms with E-state index < -0.39 is 15.6 Å². The van der Waals surface area contributed by atoms with Crippen molar-refractivity contribution in [2.45, 2.75) is 36.2 Å². The van der Waals surface area contributed by atoms with Crippen LogP contribution in [0.25, 0.3) is 0 Å². The van der Waals surface area contributed by atoms with E-state index in [1.165, 1.54) is 16.9 Å². The molecule has 1 atom stereocenters. The Morgan fingerprint density at radius 3 is 2.50 bits per heavy atom. The van der Waals surface area contributed by atoms with E-state index in [0.29, 0.717) is 0 Å². The third-order valence-corrected chi connectivity index (χ3v) is 5.33. The number of rotatable bonds is 4. The van der Waals surface area contributed by atoms with Crippen LogP contribution in [-0.2, 0) is 17.1 Å². The van der Waals surface area contributed by atoms with Crippen molar-refractivity contribution in [3.63, 3.8) is 0 Å². The summed E-state index contributed by atoms with van der Waals surface area (Å²) < 4.78 is 28.1. The fourth-order valence-corrected chi connectivity index (χ4v) is 2.98. The molecule has 0 fully saturated rings. The summed E-state index contributed by atoms with van der Waals surface area (Å²) in [5.74, 6) is 0. The van der Waals surface area contributed by atoms with Crippen molar-refractivity contribution in [2.75, 3.05) is 0 Å². The molecule has 0 amide bonds. The highest BCUT2D eigenvalue weighted by atomic mass is 79.9. The zero-order valence-corrected chi connectivity index (χ0v) is 12.1. The van der Waals surface area contributed by atoms with Gasteiger partial charge in [0, 0.05) is 17.4 Å². The minimum atomic E-state index is -3.53. The van der Waals surface area contributed by atoms with Crippen molar-refractivity contribution in [3.8, 4) is 0 Å². The van der Waals surface area contributed by atoms with E-state index >= 15 is 0 Å². The van der Waals surface area contributed by atoms with Gasteiger partial charge in [0.2, 0.25) is 0 Å². The van der Waals surface area contributed by atoms with Gasteiger partial charge in [-0.25, -0.2) is 13.1 Å². The highest BCUT2D eigenvalue weighted by Crippen LogP contribution is 2.20. The number of nitrogens with one attached hydrogen (secondary N) is 1. The number of aryl methyl sites for hydroxylation is 1. The molecule has 1 heterocycles. The summed E-state index contributed by atoms with van der Waals surface area (Å²) in [4.78, 5) is 0.0167. The number of aromatic nitrogens is 2. The third kappa shape index (κ3) is 2.83. The fraction of sp³-hybridized carbons (Fsp3) is 0.667. The first-order valence-electron chi connectivity index (χ1n) is 4.83. The first-order valence-corrected chi connectivity index (χ1v) is 7.23. The van der Waals surface area contributed by atoms with Crippen LogP contribution in [0.1, 0.15) is 20.8 Å². The van der Waals surface area contributed by atoms with Gasteiger partial charge in [-0.2, -0.15) is 5.10 Å². The summed E-state index contributed by atoms with van der Waals surface area (Å²) in [6.45, 7) is 5.53. The van der Waals surface area contributed by atoms with E-state index in [0.717, 1.165) is 0 Å². The lowest BCUT2D eigenvalue weighted by Crippen LogP contribution is -2.49. The van der Waals surface area contributed by atoms with Gasteiger partial charge in [0.15, 0.2) is 5.03 Å². The van der Waals surface area contributed by atoms with Gasteiger partial charge < -0.3 is 0 Å². The van der Waals surface area contributed by atoms with E-state index in [9.17, 15) is 8.42 Å². The summed E-state index contributed by atoms with van der Waals surface area (Å²) in [5.41, 5.74) is -0.566. The Morgan fingerprint density at radius 2 is 2.12 bits per heavy atom. The minimum absolute atomic E-state index is 0.0167. The molecule has 1 aromatic rings. The SMILES string of the molecule is CC(Br)C(C)(C)NS(=O)(=O)c1ccnn1C. The van der Waals surface area contributed by atoms with Crippen molar-refractivity contribution < 1.29 is 8.42 Å². The van der Waals surface area contributed by atoms with E-state index in [4.69, 9.17) is 0 Å². The average Bonchev–Trinajstić information content (AvgIpc) is 2.49. The molecule has 0 aliphatic carbocycles. The molecule has 0 saturated heterocycles. The zero-order chi connectivity index (χ0) is 12.6. The standard InChI is InChI=1S/C9H16BrN3O2S/c1-7(10)9(2,3)12-16(14,15)8-5-6-11-13(8)4/h5-7,12H,1-4H3. The number of sulfonamides is 1. The maximum atomic E-state index is 12.0. The molecular formula is C9H16BrN3O2S. The summed E-state index contributed by atoms with van der Waals surface area (Å²) in [6, 6.07) is 1.47. The predicted molar refractivity (Wildman–Crippen MR) is 66.0 cm³/mol. The molecule has 0 aliphatic heterocycles. The number of hydrogen-bond donors (Lipinski definition) is 1. The summed E-state index contributed by atoms with van der Waals surface area (Å²) in [7, 11) is -1.93. The quantitative estimate of drug-likeness (QED) is 0.852. The van der Waals surface area contributed by atoms with Crippen molar-refractivity contribution >= 4 is 26.0 Å². The normalized spacial score (nSPS) is 15.1. The molecule has 0 bridgehead atoms. The Balaban J connectivity index is 3.03. The molecule has 7 heteroatoms. The summed E-state index contributed by atoms with van der Waals surface area (Å²) in [5, 5.41) is 4.00. The Labute approximate surface area is 104 Å². The highest BCUT2D eigenvalue weighted by Gasteiger charge is 2.31. The van der Waals surface area contributed by atoms with Crippen LogP contribution >= 0.6 is 15.9 Å². The van der Waals surface area contributed by atoms with Gasteiger partial charge in [0.1, 0.15) is 0 Å². The molecule has 1 aromatic heterocycles. The highest BCUT2D eigenvalue weighted by molar-refractivity contribution is 9.09. The molecule has 16 heavy (non-hydrogen) atoms. The van der Waals surface area contributed by atoms with E-state index in [2.05, 4.69) is 25.8 Å². The lowest BCUT2D eigenvalue weighted by Gasteiger charge is -2.28. The summed E-state index contributed by atoms with van der Waals surface area (Å²) >= 11 is 3.38. The van der Waals surface area contributed by atoms with Crippen LogP contribution in [0.5, 0.6) is 0 Å². The van der Waals surface area contributed by atoms with E-state index in [1.54, 1.807) is 7.05 Å². The molecule has 0 radical (unpaired) electrons. The lowest BCUT2D eigenvalue weighted by atomic mass is 10.0. The van der Waals surface area contributed by atoms with Crippen LogP contribution in [-0.4, -0.2) is 28.6 Å². The largest absolute Gasteiger partial charge is 0.258 e.